The molecule has 15 heavy (non-hydrogen) atoms. The van der Waals surface area contributed by atoms with Gasteiger partial charge in [-0.1, -0.05) is 6.07 Å². The second-order valence-electron chi connectivity index (χ2n) is 3.37. The first kappa shape index (κ1) is 11.8. The zero-order valence-electron chi connectivity index (χ0n) is 9.16. The summed E-state index contributed by atoms with van der Waals surface area (Å²) in [6, 6.07) is 5.85. The molecule has 4 nitrogen and oxygen atoms in total. The molecule has 3 N–H and O–H groups in total. The normalized spacial score (nSPS) is 10.0. The number of pyridine rings is 1. The molecule has 0 unspecified atom stereocenters. The predicted molar refractivity (Wildman–Crippen MR) is 63.2 cm³/mol. The van der Waals surface area contributed by atoms with Crippen molar-refractivity contribution in [3.63, 3.8) is 0 Å². The Hall–Kier alpha value is -1.29. The van der Waals surface area contributed by atoms with Gasteiger partial charge in [-0.15, -0.1) is 0 Å². The van der Waals surface area contributed by atoms with Crippen LogP contribution in [0.2, 0.25) is 0 Å². The predicted octanol–water partition coefficient (Wildman–Crippen LogP) is 1.70. The molecule has 0 aliphatic rings. The molecule has 1 rings (SSSR count). The molecule has 0 bridgehead atoms. The van der Waals surface area contributed by atoms with Gasteiger partial charge in [0.2, 0.25) is 0 Å². The monoisotopic (exact) mass is 209 g/mol. The molecular weight excluding hydrogens is 190 g/mol. The van der Waals surface area contributed by atoms with Gasteiger partial charge in [0, 0.05) is 20.2 Å². The first-order chi connectivity index (χ1) is 7.36. The SMILES string of the molecule is CNc1cccc(NCCCCCO)n1. The van der Waals surface area contributed by atoms with E-state index in [1.165, 1.54) is 0 Å². The van der Waals surface area contributed by atoms with Gasteiger partial charge in [0.05, 0.1) is 0 Å². The summed E-state index contributed by atoms with van der Waals surface area (Å²) in [5.74, 6) is 1.77. The van der Waals surface area contributed by atoms with Crippen molar-refractivity contribution in [2.24, 2.45) is 0 Å². The first-order valence-corrected chi connectivity index (χ1v) is 5.36. The smallest absolute Gasteiger partial charge is 0.128 e. The van der Waals surface area contributed by atoms with Gasteiger partial charge in [0.25, 0.3) is 0 Å². The van der Waals surface area contributed by atoms with Crippen LogP contribution in [0, 0.1) is 0 Å². The van der Waals surface area contributed by atoms with Crippen LogP contribution in [0.4, 0.5) is 11.6 Å². The maximum atomic E-state index is 8.61. The Balaban J connectivity index is 2.24. The third kappa shape index (κ3) is 4.65. The van der Waals surface area contributed by atoms with Crippen LogP contribution in [0.1, 0.15) is 19.3 Å². The number of anilines is 2. The molecule has 0 spiro atoms. The van der Waals surface area contributed by atoms with Crippen LogP contribution in [0.25, 0.3) is 0 Å². The second kappa shape index (κ2) is 7.06. The molecule has 1 heterocycles. The molecule has 0 amide bonds. The van der Waals surface area contributed by atoms with Gasteiger partial charge in [-0.3, -0.25) is 0 Å². The Labute approximate surface area is 90.7 Å². The van der Waals surface area contributed by atoms with E-state index in [2.05, 4.69) is 15.6 Å². The van der Waals surface area contributed by atoms with Crippen molar-refractivity contribution < 1.29 is 5.11 Å². The molecule has 4 heteroatoms. The van der Waals surface area contributed by atoms with E-state index in [0.717, 1.165) is 37.4 Å². The van der Waals surface area contributed by atoms with E-state index in [0.29, 0.717) is 0 Å². The number of aromatic nitrogens is 1. The topological polar surface area (TPSA) is 57.2 Å². The summed E-state index contributed by atoms with van der Waals surface area (Å²) in [6.45, 7) is 1.19. The van der Waals surface area contributed by atoms with Crippen LogP contribution >= 0.6 is 0 Å². The number of hydrogen-bond acceptors (Lipinski definition) is 4. The minimum atomic E-state index is 0.285. The fourth-order valence-corrected chi connectivity index (χ4v) is 1.30. The lowest BCUT2D eigenvalue weighted by Gasteiger charge is -2.06. The molecule has 0 saturated carbocycles. The van der Waals surface area contributed by atoms with Crippen molar-refractivity contribution in [1.29, 1.82) is 0 Å². The first-order valence-electron chi connectivity index (χ1n) is 5.36. The minimum Gasteiger partial charge on any atom is -0.396 e. The Kier molecular flexibility index (Phi) is 5.55. The van der Waals surface area contributed by atoms with Gasteiger partial charge in [-0.25, -0.2) is 4.98 Å². The van der Waals surface area contributed by atoms with Crippen molar-refractivity contribution >= 4 is 11.6 Å². The summed E-state index contributed by atoms with van der Waals surface area (Å²) in [5, 5.41) is 14.8. The second-order valence-corrected chi connectivity index (χ2v) is 3.37. The molecule has 84 valence electrons. The van der Waals surface area contributed by atoms with Gasteiger partial charge in [-0.2, -0.15) is 0 Å². The highest BCUT2D eigenvalue weighted by Gasteiger charge is 1.94. The third-order valence-electron chi connectivity index (χ3n) is 2.15. The van der Waals surface area contributed by atoms with Crippen molar-refractivity contribution in [1.82, 2.24) is 4.98 Å². The summed E-state index contributed by atoms with van der Waals surface area (Å²) in [7, 11) is 1.85. The molecule has 1 aromatic rings. The molecule has 0 radical (unpaired) electrons. The maximum absolute atomic E-state index is 8.61. The lowest BCUT2D eigenvalue weighted by Crippen LogP contribution is -2.04. The maximum Gasteiger partial charge on any atom is 0.128 e. The van der Waals surface area contributed by atoms with Crippen LogP contribution in [-0.2, 0) is 0 Å². The highest BCUT2D eigenvalue weighted by atomic mass is 16.2. The van der Waals surface area contributed by atoms with Crippen molar-refractivity contribution in [3.8, 4) is 0 Å². The van der Waals surface area contributed by atoms with Gasteiger partial charge in [0.1, 0.15) is 11.6 Å². The Morgan fingerprint density at radius 3 is 2.73 bits per heavy atom. The van der Waals surface area contributed by atoms with Crippen LogP contribution in [0.3, 0.4) is 0 Å². The van der Waals surface area contributed by atoms with E-state index in [9.17, 15) is 0 Å². The molecule has 0 saturated heterocycles. The number of aliphatic hydroxyl groups is 1. The van der Waals surface area contributed by atoms with E-state index < -0.39 is 0 Å². The Morgan fingerprint density at radius 1 is 1.20 bits per heavy atom. The molecule has 0 aromatic carbocycles. The van der Waals surface area contributed by atoms with Gasteiger partial charge < -0.3 is 15.7 Å². The number of aliphatic hydroxyl groups excluding tert-OH is 1. The molecule has 0 aliphatic heterocycles. The van der Waals surface area contributed by atoms with Crippen LogP contribution in [0.5, 0.6) is 0 Å². The Bertz CT molecular complexity index is 278. The zero-order valence-corrected chi connectivity index (χ0v) is 9.16. The summed E-state index contributed by atoms with van der Waals surface area (Å²) < 4.78 is 0. The van der Waals surface area contributed by atoms with E-state index in [1.54, 1.807) is 0 Å². The molecule has 1 aromatic heterocycles. The van der Waals surface area contributed by atoms with E-state index >= 15 is 0 Å². The van der Waals surface area contributed by atoms with E-state index in [1.807, 2.05) is 25.2 Å². The van der Waals surface area contributed by atoms with Crippen molar-refractivity contribution in [2.75, 3.05) is 30.8 Å². The molecule has 0 atom stereocenters. The fourth-order valence-electron chi connectivity index (χ4n) is 1.30. The van der Waals surface area contributed by atoms with Gasteiger partial charge in [0.15, 0.2) is 0 Å². The largest absolute Gasteiger partial charge is 0.396 e. The Morgan fingerprint density at radius 2 is 2.00 bits per heavy atom. The molecule has 0 fully saturated rings. The lowest BCUT2D eigenvalue weighted by atomic mass is 10.2. The average molecular weight is 209 g/mol. The van der Waals surface area contributed by atoms with Crippen LogP contribution < -0.4 is 10.6 Å². The van der Waals surface area contributed by atoms with Crippen molar-refractivity contribution in [2.45, 2.75) is 19.3 Å². The summed E-state index contributed by atoms with van der Waals surface area (Å²) >= 11 is 0. The fraction of sp³-hybridized carbons (Fsp3) is 0.545. The third-order valence-corrected chi connectivity index (χ3v) is 2.15. The summed E-state index contributed by atoms with van der Waals surface area (Å²) in [4.78, 5) is 4.34. The number of nitrogens with zero attached hydrogens (tertiary/aromatic N) is 1. The minimum absolute atomic E-state index is 0.285. The number of unbranched alkanes of at least 4 members (excludes halogenated alkanes) is 2. The van der Waals surface area contributed by atoms with Crippen LogP contribution in [-0.4, -0.2) is 30.3 Å². The molecule has 0 aliphatic carbocycles. The lowest BCUT2D eigenvalue weighted by molar-refractivity contribution is 0.283. The number of nitrogens with one attached hydrogen (secondary N) is 2. The van der Waals surface area contributed by atoms with E-state index in [4.69, 9.17) is 5.11 Å². The van der Waals surface area contributed by atoms with Gasteiger partial charge in [-0.05, 0) is 31.4 Å². The highest BCUT2D eigenvalue weighted by molar-refractivity contribution is 5.44. The average Bonchev–Trinajstić information content (AvgIpc) is 2.29. The highest BCUT2D eigenvalue weighted by Crippen LogP contribution is 2.08. The van der Waals surface area contributed by atoms with E-state index in [-0.39, 0.29) is 6.61 Å². The standard InChI is InChI=1S/C11H19N3O/c1-12-10-6-5-7-11(14-10)13-8-3-2-4-9-15/h5-7,15H,2-4,8-9H2,1H3,(H2,12,13,14). The summed E-state index contributed by atoms with van der Waals surface area (Å²) in [5.41, 5.74) is 0. The quantitative estimate of drug-likeness (QED) is 0.598. The van der Waals surface area contributed by atoms with Crippen molar-refractivity contribution in [3.05, 3.63) is 18.2 Å². The number of hydrogen-bond donors (Lipinski definition) is 3. The van der Waals surface area contributed by atoms with Gasteiger partial charge >= 0.3 is 0 Å². The molecular formula is C11H19N3O. The number of rotatable bonds is 7. The summed E-state index contributed by atoms with van der Waals surface area (Å²) in [6.07, 6.45) is 2.99. The van der Waals surface area contributed by atoms with Crippen LogP contribution in [0.15, 0.2) is 18.2 Å². The zero-order chi connectivity index (χ0) is 10.9.